The highest BCUT2D eigenvalue weighted by molar-refractivity contribution is 9.10. The van der Waals surface area contributed by atoms with Gasteiger partial charge >= 0.3 is 0 Å². The quantitative estimate of drug-likeness (QED) is 0.487. The second-order valence-corrected chi connectivity index (χ2v) is 5.43. The number of oxime groups is 1. The van der Waals surface area contributed by atoms with E-state index in [-0.39, 0.29) is 0 Å². The Morgan fingerprint density at radius 3 is 2.70 bits per heavy atom. The Balaban J connectivity index is 2.09. The van der Waals surface area contributed by atoms with E-state index in [2.05, 4.69) is 33.2 Å². The van der Waals surface area contributed by atoms with E-state index in [1.54, 1.807) is 12.1 Å². The normalized spacial score (nSPS) is 10.9. The van der Waals surface area contributed by atoms with Gasteiger partial charge in [0, 0.05) is 17.0 Å². The Morgan fingerprint density at radius 1 is 1.25 bits per heavy atom. The van der Waals surface area contributed by atoms with Crippen molar-refractivity contribution in [2.24, 2.45) is 5.16 Å². The zero-order valence-electron chi connectivity index (χ0n) is 10.6. The smallest absolute Gasteiger partial charge is 0.142 e. The molecule has 0 aliphatic carbocycles. The predicted molar refractivity (Wildman–Crippen MR) is 84.2 cm³/mol. The summed E-state index contributed by atoms with van der Waals surface area (Å²) in [5, 5.41) is 12.3. The Kier molecular flexibility index (Phi) is 5.44. The van der Waals surface area contributed by atoms with Gasteiger partial charge in [-0.1, -0.05) is 47.1 Å². The summed E-state index contributed by atoms with van der Waals surface area (Å²) in [4.78, 5) is 0. The molecule has 0 radical (unpaired) electrons. The average molecular weight is 355 g/mol. The maximum absolute atomic E-state index is 8.68. The minimum Gasteiger partial charge on any atom is -0.491 e. The highest BCUT2D eigenvalue weighted by atomic mass is 79.9. The first-order valence-electron chi connectivity index (χ1n) is 6.04. The summed E-state index contributed by atoms with van der Waals surface area (Å²) in [5.74, 6) is 0.614. The van der Waals surface area contributed by atoms with E-state index in [0.29, 0.717) is 22.9 Å². The first-order chi connectivity index (χ1) is 9.70. The minimum atomic E-state index is 0.524. The monoisotopic (exact) mass is 353 g/mol. The minimum absolute atomic E-state index is 0.524. The third-order valence-corrected chi connectivity index (χ3v) is 3.52. The van der Waals surface area contributed by atoms with Crippen molar-refractivity contribution in [1.29, 1.82) is 0 Å². The molecule has 0 saturated heterocycles. The molecule has 0 bridgehead atoms. The third-order valence-electron chi connectivity index (χ3n) is 2.71. The van der Waals surface area contributed by atoms with Gasteiger partial charge in [-0.25, -0.2) is 0 Å². The fourth-order valence-electron chi connectivity index (χ4n) is 1.81. The zero-order chi connectivity index (χ0) is 14.4. The van der Waals surface area contributed by atoms with Crippen LogP contribution in [-0.4, -0.2) is 18.0 Å². The summed E-state index contributed by atoms with van der Waals surface area (Å²) in [7, 11) is 0. The molecule has 0 aliphatic heterocycles. The molecular formula is C15H13BrClNO2. The number of benzene rings is 2. The lowest BCUT2D eigenvalue weighted by Crippen LogP contribution is -2.04. The van der Waals surface area contributed by atoms with Gasteiger partial charge in [0.15, 0.2) is 0 Å². The van der Waals surface area contributed by atoms with Gasteiger partial charge < -0.3 is 9.94 Å². The van der Waals surface area contributed by atoms with E-state index in [0.717, 1.165) is 10.9 Å². The first-order valence-corrected chi connectivity index (χ1v) is 7.21. The molecule has 2 aromatic rings. The molecule has 0 fully saturated rings. The van der Waals surface area contributed by atoms with Gasteiger partial charge in [-0.05, 0) is 33.6 Å². The van der Waals surface area contributed by atoms with E-state index in [4.69, 9.17) is 21.5 Å². The highest BCUT2D eigenvalue weighted by Gasteiger charge is 2.09. The number of rotatable bonds is 5. The van der Waals surface area contributed by atoms with E-state index in [1.807, 2.05) is 18.2 Å². The predicted octanol–water partition coefficient (Wildman–Crippen LogP) is 4.53. The van der Waals surface area contributed by atoms with Gasteiger partial charge in [0.05, 0.1) is 17.3 Å². The maximum Gasteiger partial charge on any atom is 0.142 e. The van der Waals surface area contributed by atoms with Gasteiger partial charge in [-0.3, -0.25) is 0 Å². The molecule has 2 aromatic carbocycles. The molecule has 0 atom stereocenters. The van der Waals surface area contributed by atoms with Crippen molar-refractivity contribution in [3.63, 3.8) is 0 Å². The number of ether oxygens (including phenoxy) is 1. The average Bonchev–Trinajstić information content (AvgIpc) is 2.43. The summed E-state index contributed by atoms with van der Waals surface area (Å²) in [5.41, 5.74) is 1.83. The van der Waals surface area contributed by atoms with Crippen molar-refractivity contribution >= 4 is 33.7 Å². The van der Waals surface area contributed by atoms with Crippen LogP contribution in [0.5, 0.6) is 5.75 Å². The molecule has 3 nitrogen and oxygen atoms in total. The van der Waals surface area contributed by atoms with Crippen LogP contribution in [0.1, 0.15) is 11.1 Å². The summed E-state index contributed by atoms with van der Waals surface area (Å²) >= 11 is 9.36. The van der Waals surface area contributed by atoms with Crippen LogP contribution in [0.15, 0.2) is 52.1 Å². The number of nitrogens with zero attached hydrogens (tertiary/aromatic N) is 1. The molecule has 0 spiro atoms. The Bertz CT molecular complexity index is 602. The van der Waals surface area contributed by atoms with Crippen molar-refractivity contribution in [2.45, 2.75) is 6.42 Å². The molecule has 104 valence electrons. The van der Waals surface area contributed by atoms with Crippen molar-refractivity contribution in [1.82, 2.24) is 0 Å². The second kappa shape index (κ2) is 7.31. The summed E-state index contributed by atoms with van der Waals surface area (Å²) in [6, 6.07) is 13.5. The molecule has 0 unspecified atom stereocenters. The van der Waals surface area contributed by atoms with Crippen molar-refractivity contribution in [3.05, 3.63) is 63.1 Å². The number of hydrogen-bond donors (Lipinski definition) is 1. The molecular weight excluding hydrogens is 342 g/mol. The van der Waals surface area contributed by atoms with Crippen molar-refractivity contribution in [2.75, 3.05) is 6.61 Å². The third kappa shape index (κ3) is 3.99. The molecule has 20 heavy (non-hydrogen) atoms. The van der Waals surface area contributed by atoms with Crippen LogP contribution in [0.25, 0.3) is 0 Å². The summed E-state index contributed by atoms with van der Waals surface area (Å²) in [6.07, 6.45) is 2.10. The number of halogens is 2. The standard InChI is InChI=1S/C15H13BrClNO2/c16-14-9-13(17)8-12(10-18-19)15(14)20-7-6-11-4-2-1-3-5-11/h1-5,8-10,19H,6-7H2. The largest absolute Gasteiger partial charge is 0.491 e. The molecule has 0 saturated carbocycles. The van der Waals surface area contributed by atoms with Crippen LogP contribution >= 0.6 is 27.5 Å². The van der Waals surface area contributed by atoms with Gasteiger partial charge in [0.1, 0.15) is 5.75 Å². The molecule has 5 heteroatoms. The van der Waals surface area contributed by atoms with E-state index in [1.165, 1.54) is 11.8 Å². The lowest BCUT2D eigenvalue weighted by Gasteiger charge is -2.11. The molecule has 0 amide bonds. The lowest BCUT2D eigenvalue weighted by atomic mass is 10.2. The lowest BCUT2D eigenvalue weighted by molar-refractivity contribution is 0.315. The molecule has 2 rings (SSSR count). The van der Waals surface area contributed by atoms with Gasteiger partial charge in [0.2, 0.25) is 0 Å². The number of hydrogen-bond acceptors (Lipinski definition) is 3. The fraction of sp³-hybridized carbons (Fsp3) is 0.133. The summed E-state index contributed by atoms with van der Waals surface area (Å²) in [6.45, 7) is 0.524. The summed E-state index contributed by atoms with van der Waals surface area (Å²) < 4.78 is 6.50. The maximum atomic E-state index is 8.68. The van der Waals surface area contributed by atoms with Crippen LogP contribution in [0.3, 0.4) is 0 Å². The second-order valence-electron chi connectivity index (χ2n) is 4.13. The van der Waals surface area contributed by atoms with Crippen LogP contribution in [0.2, 0.25) is 5.02 Å². The van der Waals surface area contributed by atoms with Crippen molar-refractivity contribution in [3.8, 4) is 5.75 Å². The molecule has 1 N–H and O–H groups in total. The topological polar surface area (TPSA) is 41.8 Å². The van der Waals surface area contributed by atoms with Gasteiger partial charge in [-0.15, -0.1) is 0 Å². The van der Waals surface area contributed by atoms with Crippen LogP contribution in [0.4, 0.5) is 0 Å². The van der Waals surface area contributed by atoms with Crippen LogP contribution in [-0.2, 0) is 6.42 Å². The Morgan fingerprint density at radius 2 is 2.00 bits per heavy atom. The Labute approximate surface area is 131 Å². The van der Waals surface area contributed by atoms with E-state index < -0.39 is 0 Å². The highest BCUT2D eigenvalue weighted by Crippen LogP contribution is 2.32. The Hall–Kier alpha value is -1.52. The zero-order valence-corrected chi connectivity index (χ0v) is 12.9. The van der Waals surface area contributed by atoms with Crippen LogP contribution < -0.4 is 4.74 Å². The fourth-order valence-corrected chi connectivity index (χ4v) is 2.75. The molecule has 0 aliphatic rings. The van der Waals surface area contributed by atoms with Gasteiger partial charge in [0.25, 0.3) is 0 Å². The van der Waals surface area contributed by atoms with Crippen molar-refractivity contribution < 1.29 is 9.94 Å². The van der Waals surface area contributed by atoms with Gasteiger partial charge in [-0.2, -0.15) is 0 Å². The SMILES string of the molecule is ON=Cc1cc(Cl)cc(Br)c1OCCc1ccccc1. The molecule has 0 aromatic heterocycles. The molecule has 0 heterocycles. The first kappa shape index (κ1) is 14.9. The van der Waals surface area contributed by atoms with E-state index in [9.17, 15) is 0 Å². The van der Waals surface area contributed by atoms with E-state index >= 15 is 0 Å². The van der Waals surface area contributed by atoms with Crippen LogP contribution in [0, 0.1) is 0 Å².